The average molecular weight is 1030 g/mol. The lowest BCUT2D eigenvalue weighted by Gasteiger charge is -2.36. The van der Waals surface area contributed by atoms with Crippen molar-refractivity contribution < 1.29 is 38.1 Å². The van der Waals surface area contributed by atoms with Crippen molar-refractivity contribution in [1.29, 1.82) is 0 Å². The molecule has 3 aliphatic rings. The molecule has 2 aromatic carbocycles. The van der Waals surface area contributed by atoms with Crippen molar-refractivity contribution in [2.75, 3.05) is 77.6 Å². The second-order valence-electron chi connectivity index (χ2n) is 22.2. The highest BCUT2D eigenvalue weighted by Gasteiger charge is 2.35. The van der Waals surface area contributed by atoms with Crippen molar-refractivity contribution in [3.8, 4) is 28.1 Å². The Kier molecular flexibility index (Phi) is 20.5. The van der Waals surface area contributed by atoms with E-state index in [2.05, 4.69) is 83.9 Å². The summed E-state index contributed by atoms with van der Waals surface area (Å²) in [6.07, 6.45) is 10.4. The number of piperazine rings is 1. The fourth-order valence-electron chi connectivity index (χ4n) is 11.6. The molecule has 16 heteroatoms. The largest absolute Gasteiger partial charge is 0.494 e. The van der Waals surface area contributed by atoms with Crippen molar-refractivity contribution in [2.45, 2.75) is 150 Å². The topological polar surface area (TPSA) is 171 Å². The summed E-state index contributed by atoms with van der Waals surface area (Å²) in [5, 5.41) is 1.10. The van der Waals surface area contributed by atoms with Crippen LogP contribution in [0, 0.1) is 11.3 Å². The number of hydrazine groups is 1. The minimum absolute atomic E-state index is 0.0570. The van der Waals surface area contributed by atoms with Gasteiger partial charge in [-0.2, -0.15) is 0 Å². The summed E-state index contributed by atoms with van der Waals surface area (Å²) in [7, 11) is 1.73. The number of ether oxygens (including phenoxy) is 4. The number of nitrogens with two attached hydrogens (primary N) is 1. The highest BCUT2D eigenvalue weighted by molar-refractivity contribution is 7.08. The van der Waals surface area contributed by atoms with Crippen molar-refractivity contribution in [3.05, 3.63) is 65.5 Å². The molecule has 7 rings (SSSR count). The summed E-state index contributed by atoms with van der Waals surface area (Å²) in [5.74, 6) is 6.22. The Bertz CT molecular complexity index is 2570. The molecule has 0 radical (unpaired) electrons. The maximum atomic E-state index is 14.1. The van der Waals surface area contributed by atoms with Crippen LogP contribution in [-0.4, -0.2) is 135 Å². The Balaban J connectivity index is 1.24. The lowest BCUT2D eigenvalue weighted by atomic mass is 9.37. The van der Waals surface area contributed by atoms with Gasteiger partial charge in [0.2, 0.25) is 5.91 Å². The lowest BCUT2D eigenvalue weighted by molar-refractivity contribution is -0.144. The normalized spacial score (nSPS) is 17.0. The smallest absolute Gasteiger partial charge is 0.302 e. The molecule has 1 aliphatic carbocycles. The van der Waals surface area contributed by atoms with E-state index in [9.17, 15) is 19.2 Å². The van der Waals surface area contributed by atoms with Crippen LogP contribution in [0.5, 0.6) is 5.75 Å². The van der Waals surface area contributed by atoms with Crippen LogP contribution in [0.25, 0.3) is 33.3 Å². The van der Waals surface area contributed by atoms with Gasteiger partial charge in [-0.1, -0.05) is 38.8 Å². The number of carbonyl (C=O) groups is 4. The molecule has 0 bridgehead atoms. The number of aromatic nitrogens is 2. The molecule has 4 aromatic rings. The van der Waals surface area contributed by atoms with Gasteiger partial charge in [-0.15, -0.1) is 0 Å². The van der Waals surface area contributed by atoms with Crippen LogP contribution in [0.15, 0.2) is 48.7 Å². The van der Waals surface area contributed by atoms with Gasteiger partial charge >= 0.3 is 12.7 Å². The van der Waals surface area contributed by atoms with Gasteiger partial charge in [0, 0.05) is 108 Å². The molecule has 4 heterocycles. The van der Waals surface area contributed by atoms with E-state index in [-0.39, 0.29) is 55.2 Å². The first kappa shape index (κ1) is 57.6. The molecular weight excluding hydrogens is 946 g/mol. The molecule has 1 amide bonds. The van der Waals surface area contributed by atoms with Gasteiger partial charge in [-0.25, -0.2) is 0 Å². The van der Waals surface area contributed by atoms with E-state index >= 15 is 0 Å². The van der Waals surface area contributed by atoms with Gasteiger partial charge in [0.15, 0.2) is 0 Å². The van der Waals surface area contributed by atoms with Crippen molar-refractivity contribution >= 4 is 47.0 Å². The summed E-state index contributed by atoms with van der Waals surface area (Å²) in [6, 6.07) is 16.1. The quantitative estimate of drug-likeness (QED) is 0.0138. The Morgan fingerprint density at radius 1 is 0.947 bits per heavy atom. The van der Waals surface area contributed by atoms with Crippen LogP contribution in [0.2, 0.25) is 5.82 Å². The average Bonchev–Trinajstić information content (AvgIpc) is 4.23. The fraction of sp³-hybridized carbons (Fsp3) is 0.610. The first-order chi connectivity index (χ1) is 36.1. The highest BCUT2D eigenvalue weighted by atomic mass is 16.5. The van der Waals surface area contributed by atoms with Crippen molar-refractivity contribution in [3.63, 3.8) is 0 Å². The number of hydrogen-bond acceptors (Lipinski definition) is 13. The zero-order chi connectivity index (χ0) is 53.8. The molecule has 75 heavy (non-hydrogen) atoms. The Hall–Kier alpha value is -5.13. The number of hydrogen-bond donors (Lipinski definition) is 2. The van der Waals surface area contributed by atoms with Gasteiger partial charge < -0.3 is 42.9 Å². The number of methoxy groups -OCH3 is 1. The van der Waals surface area contributed by atoms with E-state index in [0.29, 0.717) is 58.0 Å². The molecule has 15 nitrogen and oxygen atoms in total. The van der Waals surface area contributed by atoms with E-state index < -0.39 is 12.1 Å². The molecular formula is C59H86BN7O8. The van der Waals surface area contributed by atoms with Gasteiger partial charge in [0.1, 0.15) is 11.4 Å². The maximum Gasteiger partial charge on any atom is 0.302 e. The van der Waals surface area contributed by atoms with E-state index in [1.165, 1.54) is 19.8 Å². The van der Waals surface area contributed by atoms with Gasteiger partial charge in [-0.3, -0.25) is 30.7 Å². The number of aryl methyl sites for hydroxylation is 1. The second-order valence-corrected chi connectivity index (χ2v) is 22.2. The number of esters is 1. The number of nitrogens with one attached hydrogen (secondary N) is 1. The second kappa shape index (κ2) is 26.8. The molecule has 3 N–H and O–H groups in total. The molecule has 1 saturated carbocycles. The minimum Gasteiger partial charge on any atom is -0.494 e. The monoisotopic (exact) mass is 1030 g/mol. The molecule has 0 spiro atoms. The summed E-state index contributed by atoms with van der Waals surface area (Å²) in [5.41, 5.74) is 11.5. The van der Waals surface area contributed by atoms with E-state index in [1.54, 1.807) is 14.0 Å². The predicted molar refractivity (Wildman–Crippen MR) is 300 cm³/mol. The number of piperidine rings is 1. The number of nitrogens with zero attached hydrogens (tertiary/aromatic N) is 5. The molecule has 408 valence electrons. The zero-order valence-electron chi connectivity index (χ0n) is 46.6. The van der Waals surface area contributed by atoms with Gasteiger partial charge in [0.05, 0.1) is 61.5 Å². The number of fused-ring (bicyclic) bond motifs is 1. The maximum absolute atomic E-state index is 14.1. The molecule has 2 aromatic heterocycles. The first-order valence-corrected chi connectivity index (χ1v) is 27.9. The van der Waals surface area contributed by atoms with Gasteiger partial charge in [-0.05, 0) is 137 Å². The predicted octanol–water partition coefficient (Wildman–Crippen LogP) is 8.89. The number of benzene rings is 2. The Labute approximate surface area is 447 Å². The molecule has 2 saturated heterocycles. The van der Waals surface area contributed by atoms with E-state index in [4.69, 9.17) is 29.8 Å². The van der Waals surface area contributed by atoms with Crippen LogP contribution in [0.1, 0.15) is 130 Å². The third-order valence-corrected chi connectivity index (χ3v) is 16.1. The van der Waals surface area contributed by atoms with Gasteiger partial charge in [0.25, 0.3) is 0 Å². The summed E-state index contributed by atoms with van der Waals surface area (Å²) >= 11 is 0. The number of pyridine rings is 1. The van der Waals surface area contributed by atoms with Crippen LogP contribution < -0.4 is 20.9 Å². The SMILES string of the molecule is CCOc1cc(CC(CCCCNN)B(C=O)C(=O)CCOC(C)C2CCN(C(C)=O)CC2)cc(-c2ccc3c(c2)c(CC(C)(C)COC(C)=O)c(-c2cc(N4CCN(C5CC5)CC4)cnc2C(C)OC)n3CC)c1. The molecule has 3 atom stereocenters. The third kappa shape index (κ3) is 14.9. The first-order valence-electron chi connectivity index (χ1n) is 27.9. The minimum atomic E-state index is -0.805. The molecule has 3 unspecified atom stereocenters. The Morgan fingerprint density at radius 2 is 1.69 bits per heavy atom. The number of anilines is 1. The third-order valence-electron chi connectivity index (χ3n) is 16.1. The number of rotatable bonds is 28. The fourth-order valence-corrected chi connectivity index (χ4v) is 11.6. The van der Waals surface area contributed by atoms with E-state index in [1.807, 2.05) is 31.0 Å². The van der Waals surface area contributed by atoms with Crippen molar-refractivity contribution in [2.24, 2.45) is 17.2 Å². The number of likely N-dealkylation sites (tertiary alicyclic amines) is 1. The standard InChI is InChI=1S/C59H86BN7O8/c1-10-67-55-18-15-46(34-52(55)54(36-59(7,8)38-75-43(6)70)58(67)53-35-50(37-62-57(53)41(4)72-9)66-27-25-65(26-28-66)49-16-17-49)47-30-44(32-51(33-47)73-11-2)31-48(14-12-13-22-63-61)60(39-68)56(71)21-29-74-40(3)45-19-23-64(24-20-45)42(5)69/h15,18,30,32-35,37,39-41,45,48-49,63H,10-14,16-17,19-29,31,36,38,61H2,1-9H3. The van der Waals surface area contributed by atoms with Crippen LogP contribution in [-0.2, 0) is 52.8 Å². The number of amides is 1. The summed E-state index contributed by atoms with van der Waals surface area (Å²) in [4.78, 5) is 63.4. The molecule has 3 fully saturated rings. The van der Waals surface area contributed by atoms with E-state index in [0.717, 1.165) is 126 Å². The lowest BCUT2D eigenvalue weighted by Crippen LogP contribution is -2.47. The van der Waals surface area contributed by atoms with Crippen LogP contribution in [0.4, 0.5) is 5.69 Å². The summed E-state index contributed by atoms with van der Waals surface area (Å²) < 4.78 is 26.7. The van der Waals surface area contributed by atoms with Crippen molar-refractivity contribution in [1.82, 2.24) is 24.8 Å². The highest BCUT2D eigenvalue weighted by Crippen LogP contribution is 2.44. The Morgan fingerprint density at radius 3 is 2.33 bits per heavy atom. The van der Waals surface area contributed by atoms with Crippen LogP contribution >= 0.6 is 0 Å². The summed E-state index contributed by atoms with van der Waals surface area (Å²) in [6.45, 7) is 22.5. The number of unbranched alkanes of at least 4 members (excludes halogenated alkanes) is 1. The zero-order valence-corrected chi connectivity index (χ0v) is 46.6. The van der Waals surface area contributed by atoms with Crippen LogP contribution in [0.3, 0.4) is 0 Å². The molecule has 2 aliphatic heterocycles. The number of carbonyl (C=O) groups excluding carboxylic acids is 4.